The van der Waals surface area contributed by atoms with Gasteiger partial charge in [0.2, 0.25) is 0 Å². The van der Waals surface area contributed by atoms with Crippen LogP contribution in [0.2, 0.25) is 5.02 Å². The van der Waals surface area contributed by atoms with Crippen molar-refractivity contribution in [3.63, 3.8) is 0 Å². The molecule has 0 aliphatic carbocycles. The summed E-state index contributed by atoms with van der Waals surface area (Å²) in [4.78, 5) is 0.0248. The van der Waals surface area contributed by atoms with Gasteiger partial charge in [0.15, 0.2) is 11.5 Å². The molecule has 0 aromatic heterocycles. The zero-order valence-corrected chi connectivity index (χ0v) is 13.8. The first-order valence-electron chi connectivity index (χ1n) is 6.56. The number of benzene rings is 2. The molecule has 0 bridgehead atoms. The van der Waals surface area contributed by atoms with Gasteiger partial charge in [-0.3, -0.25) is 0 Å². The van der Waals surface area contributed by atoms with E-state index in [1.165, 1.54) is 0 Å². The van der Waals surface area contributed by atoms with Crippen molar-refractivity contribution in [2.45, 2.75) is 4.83 Å². The highest BCUT2D eigenvalue weighted by molar-refractivity contribution is 9.09. The molecule has 1 aliphatic heterocycles. The lowest BCUT2D eigenvalue weighted by molar-refractivity contribution is 0.171. The molecule has 0 saturated heterocycles. The van der Waals surface area contributed by atoms with E-state index >= 15 is 0 Å². The highest BCUT2D eigenvalue weighted by Gasteiger charge is 2.17. The van der Waals surface area contributed by atoms with Crippen LogP contribution >= 0.6 is 27.5 Å². The lowest BCUT2D eigenvalue weighted by Crippen LogP contribution is -2.15. The van der Waals surface area contributed by atoms with Gasteiger partial charge >= 0.3 is 0 Å². The third-order valence-electron chi connectivity index (χ3n) is 3.33. The van der Waals surface area contributed by atoms with E-state index in [1.54, 1.807) is 7.11 Å². The van der Waals surface area contributed by atoms with E-state index in [0.717, 1.165) is 22.6 Å². The second-order valence-corrected chi connectivity index (χ2v) is 5.98. The summed E-state index contributed by atoms with van der Waals surface area (Å²) in [5.41, 5.74) is 2.14. The molecule has 3 rings (SSSR count). The van der Waals surface area contributed by atoms with Crippen molar-refractivity contribution in [1.82, 2.24) is 0 Å². The minimum Gasteiger partial charge on any atom is -0.495 e. The molecule has 1 heterocycles. The molecule has 0 N–H and O–H groups in total. The Labute approximate surface area is 136 Å². The maximum atomic E-state index is 6.19. The SMILES string of the molecule is COc1ccc(C(Br)c2ccc3c(c2)OCCO3)cc1Cl. The normalized spacial score (nSPS) is 14.6. The fourth-order valence-corrected chi connectivity index (χ4v) is 3.09. The van der Waals surface area contributed by atoms with Crippen molar-refractivity contribution in [1.29, 1.82) is 0 Å². The van der Waals surface area contributed by atoms with E-state index < -0.39 is 0 Å². The largest absolute Gasteiger partial charge is 0.495 e. The van der Waals surface area contributed by atoms with Crippen LogP contribution in [0.25, 0.3) is 0 Å². The smallest absolute Gasteiger partial charge is 0.161 e. The van der Waals surface area contributed by atoms with Crippen LogP contribution in [0, 0.1) is 0 Å². The van der Waals surface area contributed by atoms with Gasteiger partial charge in [-0.05, 0) is 35.4 Å². The number of methoxy groups -OCH3 is 1. The maximum absolute atomic E-state index is 6.19. The summed E-state index contributed by atoms with van der Waals surface area (Å²) in [7, 11) is 1.60. The van der Waals surface area contributed by atoms with Gasteiger partial charge in [-0.15, -0.1) is 0 Å². The first-order chi connectivity index (χ1) is 10.2. The standard InChI is InChI=1S/C16H14BrClO3/c1-19-13-4-2-10(8-12(13)18)16(17)11-3-5-14-15(9-11)21-7-6-20-14/h2-5,8-9,16H,6-7H2,1H3. The summed E-state index contributed by atoms with van der Waals surface area (Å²) in [6, 6.07) is 11.7. The third kappa shape index (κ3) is 2.97. The zero-order chi connectivity index (χ0) is 14.8. The second kappa shape index (κ2) is 6.16. The molecule has 0 amide bonds. The lowest BCUT2D eigenvalue weighted by Gasteiger charge is -2.20. The molecule has 1 atom stereocenters. The predicted octanol–water partition coefficient (Wildman–Crippen LogP) is 4.60. The Balaban J connectivity index is 1.91. The molecule has 0 saturated carbocycles. The van der Waals surface area contributed by atoms with Crippen LogP contribution in [-0.2, 0) is 0 Å². The minimum atomic E-state index is 0.0248. The van der Waals surface area contributed by atoms with Gasteiger partial charge < -0.3 is 14.2 Å². The van der Waals surface area contributed by atoms with Gasteiger partial charge in [0.1, 0.15) is 19.0 Å². The van der Waals surface area contributed by atoms with Gasteiger partial charge in [0, 0.05) is 0 Å². The highest BCUT2D eigenvalue weighted by atomic mass is 79.9. The van der Waals surface area contributed by atoms with Crippen LogP contribution in [0.1, 0.15) is 16.0 Å². The Kier molecular flexibility index (Phi) is 4.27. The van der Waals surface area contributed by atoms with Crippen molar-refractivity contribution >= 4 is 27.5 Å². The monoisotopic (exact) mass is 368 g/mol. The Morgan fingerprint density at radius 2 is 1.71 bits per heavy atom. The molecule has 1 unspecified atom stereocenters. The van der Waals surface area contributed by atoms with Gasteiger partial charge in [-0.1, -0.05) is 39.7 Å². The fraction of sp³-hybridized carbons (Fsp3) is 0.250. The molecule has 2 aromatic carbocycles. The average molecular weight is 370 g/mol. The molecular formula is C16H14BrClO3. The van der Waals surface area contributed by atoms with Crippen LogP contribution in [0.3, 0.4) is 0 Å². The predicted molar refractivity (Wildman–Crippen MR) is 86.2 cm³/mol. The molecule has 1 aliphatic rings. The van der Waals surface area contributed by atoms with E-state index in [0.29, 0.717) is 24.0 Å². The van der Waals surface area contributed by atoms with E-state index in [1.807, 2.05) is 36.4 Å². The van der Waals surface area contributed by atoms with Crippen molar-refractivity contribution < 1.29 is 14.2 Å². The summed E-state index contributed by atoms with van der Waals surface area (Å²) in [5, 5.41) is 0.594. The summed E-state index contributed by atoms with van der Waals surface area (Å²) < 4.78 is 16.3. The van der Waals surface area contributed by atoms with Crippen LogP contribution in [0.5, 0.6) is 17.2 Å². The first-order valence-corrected chi connectivity index (χ1v) is 7.85. The van der Waals surface area contributed by atoms with Gasteiger partial charge in [0.25, 0.3) is 0 Å². The number of ether oxygens (including phenoxy) is 3. The van der Waals surface area contributed by atoms with Crippen molar-refractivity contribution in [2.75, 3.05) is 20.3 Å². The Morgan fingerprint density at radius 1 is 1.05 bits per heavy atom. The number of fused-ring (bicyclic) bond motifs is 1. The van der Waals surface area contributed by atoms with Crippen LogP contribution in [-0.4, -0.2) is 20.3 Å². The topological polar surface area (TPSA) is 27.7 Å². The Hall–Kier alpha value is -1.39. The summed E-state index contributed by atoms with van der Waals surface area (Å²) in [6.45, 7) is 1.18. The van der Waals surface area contributed by atoms with Gasteiger partial charge in [-0.2, -0.15) is 0 Å². The first kappa shape index (κ1) is 14.5. The molecule has 0 radical (unpaired) electrons. The van der Waals surface area contributed by atoms with Crippen molar-refractivity contribution in [3.05, 3.63) is 52.5 Å². The van der Waals surface area contributed by atoms with Crippen LogP contribution in [0.15, 0.2) is 36.4 Å². The van der Waals surface area contributed by atoms with Gasteiger partial charge in [-0.25, -0.2) is 0 Å². The summed E-state index contributed by atoms with van der Waals surface area (Å²) in [6.07, 6.45) is 0. The molecule has 2 aromatic rings. The number of rotatable bonds is 3. The number of alkyl halides is 1. The number of halogens is 2. The van der Waals surface area contributed by atoms with E-state index in [4.69, 9.17) is 25.8 Å². The van der Waals surface area contributed by atoms with Gasteiger partial charge in [0.05, 0.1) is 17.0 Å². The maximum Gasteiger partial charge on any atom is 0.161 e. The molecule has 3 nitrogen and oxygen atoms in total. The third-order valence-corrected chi connectivity index (χ3v) is 4.68. The molecule has 110 valence electrons. The minimum absolute atomic E-state index is 0.0248. The molecule has 21 heavy (non-hydrogen) atoms. The average Bonchev–Trinajstić information content (AvgIpc) is 2.53. The number of hydrogen-bond donors (Lipinski definition) is 0. The highest BCUT2D eigenvalue weighted by Crippen LogP contribution is 2.39. The second-order valence-electron chi connectivity index (χ2n) is 4.66. The Morgan fingerprint density at radius 3 is 2.43 bits per heavy atom. The molecule has 5 heteroatoms. The molecule has 0 fully saturated rings. The zero-order valence-electron chi connectivity index (χ0n) is 11.4. The Bertz CT molecular complexity index is 660. The van der Waals surface area contributed by atoms with Crippen LogP contribution < -0.4 is 14.2 Å². The van der Waals surface area contributed by atoms with Crippen molar-refractivity contribution in [2.24, 2.45) is 0 Å². The summed E-state index contributed by atoms with van der Waals surface area (Å²) in [5.74, 6) is 2.24. The molecule has 0 spiro atoms. The lowest BCUT2D eigenvalue weighted by atomic mass is 10.0. The van der Waals surface area contributed by atoms with E-state index in [-0.39, 0.29) is 4.83 Å². The van der Waals surface area contributed by atoms with E-state index in [2.05, 4.69) is 15.9 Å². The molecular weight excluding hydrogens is 356 g/mol. The van der Waals surface area contributed by atoms with Crippen molar-refractivity contribution in [3.8, 4) is 17.2 Å². The quantitative estimate of drug-likeness (QED) is 0.740. The summed E-state index contributed by atoms with van der Waals surface area (Å²) >= 11 is 9.89. The van der Waals surface area contributed by atoms with E-state index in [9.17, 15) is 0 Å². The number of hydrogen-bond acceptors (Lipinski definition) is 3. The van der Waals surface area contributed by atoms with Crippen LogP contribution in [0.4, 0.5) is 0 Å². The fourth-order valence-electron chi connectivity index (χ4n) is 2.25.